The highest BCUT2D eigenvalue weighted by molar-refractivity contribution is 6.09. The Morgan fingerprint density at radius 1 is 1.46 bits per heavy atom. The minimum absolute atomic E-state index is 0.113. The van der Waals surface area contributed by atoms with E-state index in [1.807, 2.05) is 0 Å². The van der Waals surface area contributed by atoms with Crippen LogP contribution in [-0.2, 0) is 19.1 Å². The Kier molecular flexibility index (Phi) is 2.46. The Hall–Kier alpha value is -1.65. The van der Waals surface area contributed by atoms with Crippen LogP contribution in [0.2, 0.25) is 0 Å². The number of hydrogen-bond donors (Lipinski definition) is 0. The van der Waals surface area contributed by atoms with E-state index >= 15 is 0 Å². The number of nitrogens with zero attached hydrogens (tertiary/aromatic N) is 1. The summed E-state index contributed by atoms with van der Waals surface area (Å²) in [6.45, 7) is 0. The van der Waals surface area contributed by atoms with E-state index in [0.717, 1.165) is 6.08 Å². The van der Waals surface area contributed by atoms with E-state index < -0.39 is 11.9 Å². The van der Waals surface area contributed by atoms with Gasteiger partial charge in [-0.05, 0) is 0 Å². The fourth-order valence-electron chi connectivity index (χ4n) is 0.821. The van der Waals surface area contributed by atoms with Gasteiger partial charge >= 0.3 is 11.9 Å². The Morgan fingerprint density at radius 3 is 2.46 bits per heavy atom. The third kappa shape index (κ3) is 2.14. The summed E-state index contributed by atoms with van der Waals surface area (Å²) in [7, 11) is 3.11. The van der Waals surface area contributed by atoms with Crippen LogP contribution >= 0.6 is 0 Å². The van der Waals surface area contributed by atoms with Crippen LogP contribution in [0.15, 0.2) is 11.6 Å². The van der Waals surface area contributed by atoms with Crippen molar-refractivity contribution >= 4 is 17.8 Å². The fourth-order valence-corrected chi connectivity index (χ4v) is 0.821. The zero-order valence-corrected chi connectivity index (χ0v) is 7.36. The maximum absolute atomic E-state index is 11.1. The van der Waals surface area contributed by atoms with E-state index in [4.69, 9.17) is 0 Å². The number of likely N-dealkylation sites (N-methyl/N-ethyl adjacent to an activating group) is 1. The SMILES string of the molecule is CN(C)C(=O)/C=C1/CC(=O)OC1=O. The highest BCUT2D eigenvalue weighted by atomic mass is 16.6. The van der Waals surface area contributed by atoms with Crippen molar-refractivity contribution in [2.75, 3.05) is 14.1 Å². The molecular formula is C8H9NO4. The Morgan fingerprint density at radius 2 is 2.08 bits per heavy atom. The normalized spacial score (nSPS) is 19.1. The van der Waals surface area contributed by atoms with Crippen molar-refractivity contribution < 1.29 is 19.1 Å². The molecule has 1 fully saturated rings. The molecule has 70 valence electrons. The second-order valence-corrected chi connectivity index (χ2v) is 2.84. The van der Waals surface area contributed by atoms with Crippen molar-refractivity contribution in [3.05, 3.63) is 11.6 Å². The van der Waals surface area contributed by atoms with Crippen molar-refractivity contribution in [1.29, 1.82) is 0 Å². The van der Waals surface area contributed by atoms with E-state index in [2.05, 4.69) is 4.74 Å². The third-order valence-corrected chi connectivity index (χ3v) is 1.54. The number of cyclic esters (lactones) is 2. The summed E-state index contributed by atoms with van der Waals surface area (Å²) in [5, 5.41) is 0. The van der Waals surface area contributed by atoms with Gasteiger partial charge in [-0.1, -0.05) is 0 Å². The van der Waals surface area contributed by atoms with Gasteiger partial charge in [-0.2, -0.15) is 0 Å². The van der Waals surface area contributed by atoms with Gasteiger partial charge in [0.05, 0.1) is 12.0 Å². The van der Waals surface area contributed by atoms with Gasteiger partial charge in [0, 0.05) is 20.2 Å². The third-order valence-electron chi connectivity index (χ3n) is 1.54. The molecule has 1 aliphatic rings. The highest BCUT2D eigenvalue weighted by Gasteiger charge is 2.27. The Bertz CT molecular complexity index is 303. The van der Waals surface area contributed by atoms with Gasteiger partial charge in [0.2, 0.25) is 5.91 Å². The summed E-state index contributed by atoms with van der Waals surface area (Å²) < 4.78 is 4.24. The lowest BCUT2D eigenvalue weighted by molar-refractivity contribution is -0.151. The molecule has 1 amide bonds. The summed E-state index contributed by atoms with van der Waals surface area (Å²) in [5.74, 6) is -1.66. The van der Waals surface area contributed by atoms with Crippen LogP contribution in [0, 0.1) is 0 Å². The molecule has 0 aromatic heterocycles. The maximum Gasteiger partial charge on any atom is 0.342 e. The van der Waals surface area contributed by atoms with E-state index in [0.29, 0.717) is 0 Å². The van der Waals surface area contributed by atoms with Crippen LogP contribution < -0.4 is 0 Å². The minimum Gasteiger partial charge on any atom is -0.389 e. The van der Waals surface area contributed by atoms with Crippen molar-refractivity contribution in [2.24, 2.45) is 0 Å². The van der Waals surface area contributed by atoms with Crippen LogP contribution in [0.5, 0.6) is 0 Å². The van der Waals surface area contributed by atoms with Crippen molar-refractivity contribution in [1.82, 2.24) is 4.90 Å². The van der Waals surface area contributed by atoms with Gasteiger partial charge in [0.1, 0.15) is 0 Å². The van der Waals surface area contributed by atoms with Gasteiger partial charge in [0.25, 0.3) is 0 Å². The van der Waals surface area contributed by atoms with Crippen molar-refractivity contribution in [2.45, 2.75) is 6.42 Å². The van der Waals surface area contributed by atoms with Crippen LogP contribution in [0.3, 0.4) is 0 Å². The Balaban J connectivity index is 2.78. The lowest BCUT2D eigenvalue weighted by Gasteiger charge is -2.05. The summed E-state index contributed by atoms with van der Waals surface area (Å²) in [6.07, 6.45) is 1.01. The Labute approximate surface area is 75.0 Å². The number of carbonyl (C=O) groups is 3. The molecular weight excluding hydrogens is 174 g/mol. The first-order chi connectivity index (χ1) is 6.00. The summed E-state index contributed by atoms with van der Waals surface area (Å²) in [5.41, 5.74) is 0.115. The van der Waals surface area contributed by atoms with Crippen LogP contribution in [0.4, 0.5) is 0 Å². The maximum atomic E-state index is 11.1. The van der Waals surface area contributed by atoms with E-state index in [1.54, 1.807) is 14.1 Å². The molecule has 1 rings (SSSR count). The summed E-state index contributed by atoms with van der Waals surface area (Å²) in [4.78, 5) is 33.9. The van der Waals surface area contributed by atoms with E-state index in [9.17, 15) is 14.4 Å². The molecule has 0 spiro atoms. The molecule has 1 heterocycles. The standard InChI is InChI=1S/C8H9NO4/c1-9(2)6(10)3-5-4-7(11)13-8(5)12/h3H,4H2,1-2H3/b5-3-. The van der Waals surface area contributed by atoms with Gasteiger partial charge in [-0.25, -0.2) is 4.79 Å². The zero-order valence-electron chi connectivity index (χ0n) is 7.36. The van der Waals surface area contributed by atoms with E-state index in [-0.39, 0.29) is 17.9 Å². The molecule has 0 radical (unpaired) electrons. The average Bonchev–Trinajstić information content (AvgIpc) is 2.30. The first kappa shape index (κ1) is 9.44. The number of esters is 2. The first-order valence-electron chi connectivity index (χ1n) is 3.67. The molecule has 0 aliphatic carbocycles. The zero-order chi connectivity index (χ0) is 10.0. The summed E-state index contributed by atoms with van der Waals surface area (Å²) >= 11 is 0. The van der Waals surface area contributed by atoms with Gasteiger partial charge in [0.15, 0.2) is 0 Å². The van der Waals surface area contributed by atoms with E-state index in [1.165, 1.54) is 4.90 Å². The predicted molar refractivity (Wildman–Crippen MR) is 42.5 cm³/mol. The topological polar surface area (TPSA) is 63.7 Å². The number of hydrogen-bond acceptors (Lipinski definition) is 4. The van der Waals surface area contributed by atoms with Crippen molar-refractivity contribution in [3.8, 4) is 0 Å². The number of rotatable bonds is 1. The lowest BCUT2D eigenvalue weighted by Crippen LogP contribution is -2.19. The summed E-state index contributed by atoms with van der Waals surface area (Å²) in [6, 6.07) is 0. The smallest absolute Gasteiger partial charge is 0.342 e. The molecule has 0 unspecified atom stereocenters. The second-order valence-electron chi connectivity index (χ2n) is 2.84. The molecule has 5 heteroatoms. The average molecular weight is 183 g/mol. The minimum atomic E-state index is -0.722. The molecule has 5 nitrogen and oxygen atoms in total. The lowest BCUT2D eigenvalue weighted by atomic mass is 10.2. The number of carbonyl (C=O) groups excluding carboxylic acids is 3. The quantitative estimate of drug-likeness (QED) is 0.311. The molecule has 0 atom stereocenters. The number of ether oxygens (including phenoxy) is 1. The molecule has 0 saturated carbocycles. The molecule has 1 aliphatic heterocycles. The predicted octanol–water partition coefficient (Wildman–Crippen LogP) is -0.526. The van der Waals surface area contributed by atoms with Crippen molar-refractivity contribution in [3.63, 3.8) is 0 Å². The first-order valence-corrected chi connectivity index (χ1v) is 3.67. The number of amides is 1. The second kappa shape index (κ2) is 3.38. The molecule has 0 N–H and O–H groups in total. The van der Waals surface area contributed by atoms with Gasteiger partial charge in [-0.15, -0.1) is 0 Å². The molecule has 0 aromatic carbocycles. The van der Waals surface area contributed by atoms with Crippen LogP contribution in [0.25, 0.3) is 0 Å². The van der Waals surface area contributed by atoms with Crippen LogP contribution in [0.1, 0.15) is 6.42 Å². The van der Waals surface area contributed by atoms with Crippen LogP contribution in [-0.4, -0.2) is 36.8 Å². The fraction of sp³-hybridized carbons (Fsp3) is 0.375. The largest absolute Gasteiger partial charge is 0.389 e. The molecule has 1 saturated heterocycles. The molecule has 0 aromatic rings. The van der Waals surface area contributed by atoms with Gasteiger partial charge in [-0.3, -0.25) is 9.59 Å². The molecule has 0 bridgehead atoms. The highest BCUT2D eigenvalue weighted by Crippen LogP contribution is 2.14. The monoisotopic (exact) mass is 183 g/mol. The molecule has 13 heavy (non-hydrogen) atoms. The van der Waals surface area contributed by atoms with Gasteiger partial charge < -0.3 is 9.64 Å².